The van der Waals surface area contributed by atoms with Gasteiger partial charge in [0.2, 0.25) is 0 Å². The molecule has 0 heterocycles. The van der Waals surface area contributed by atoms with Crippen LogP contribution in [0.25, 0.3) is 0 Å². The second kappa shape index (κ2) is 7.81. The first-order valence-electron chi connectivity index (χ1n) is 9.68. The maximum Gasteiger partial charge on any atom is 0.296 e. The summed E-state index contributed by atoms with van der Waals surface area (Å²) in [6.07, 6.45) is 7.15. The molecule has 1 aliphatic rings. The largest absolute Gasteiger partial charge is 0.308 e. The van der Waals surface area contributed by atoms with Gasteiger partial charge in [-0.25, -0.2) is 0 Å². The van der Waals surface area contributed by atoms with Crippen LogP contribution in [-0.4, -0.2) is 20.4 Å². The zero-order valence-electron chi connectivity index (χ0n) is 16.5. The average molecular weight is 366 g/mol. The van der Waals surface area contributed by atoms with Gasteiger partial charge in [0.05, 0.1) is 0 Å². The van der Waals surface area contributed by atoms with Gasteiger partial charge in [-0.15, -0.1) is 0 Å². The second-order valence-corrected chi connectivity index (χ2v) is 12.4. The van der Waals surface area contributed by atoms with Crippen molar-refractivity contribution in [2.24, 2.45) is 0 Å². The normalized spacial score (nSPS) is 15.5. The van der Waals surface area contributed by atoms with Crippen molar-refractivity contribution < 1.29 is 4.53 Å². The summed E-state index contributed by atoms with van der Waals surface area (Å²) in [7, 11) is -0.417. The minimum atomic E-state index is -2.51. The van der Waals surface area contributed by atoms with Crippen molar-refractivity contribution in [2.45, 2.75) is 51.5 Å². The van der Waals surface area contributed by atoms with Gasteiger partial charge in [0, 0.05) is 12.7 Å². The van der Waals surface area contributed by atoms with Crippen molar-refractivity contribution in [1.82, 2.24) is 5.06 Å². The van der Waals surface area contributed by atoms with Crippen molar-refractivity contribution in [1.29, 1.82) is 0 Å². The lowest BCUT2D eigenvalue weighted by molar-refractivity contribution is -0.0119. The van der Waals surface area contributed by atoms with Gasteiger partial charge in [0.1, 0.15) is 0 Å². The number of hydroxylamine groups is 2. The van der Waals surface area contributed by atoms with Gasteiger partial charge in [0.25, 0.3) is 8.32 Å². The van der Waals surface area contributed by atoms with Gasteiger partial charge in [-0.05, 0) is 41.1 Å². The topological polar surface area (TPSA) is 12.5 Å². The lowest BCUT2D eigenvalue weighted by Crippen LogP contribution is -2.68. The van der Waals surface area contributed by atoms with E-state index >= 15 is 0 Å². The van der Waals surface area contributed by atoms with Crippen LogP contribution in [0.5, 0.6) is 0 Å². The molecule has 2 aromatic carbocycles. The first kappa shape index (κ1) is 18.9. The van der Waals surface area contributed by atoms with Crippen molar-refractivity contribution >= 4 is 18.7 Å². The third kappa shape index (κ3) is 3.65. The molecule has 0 spiro atoms. The fraction of sp³-hybridized carbons (Fsp3) is 0.391. The Morgan fingerprint density at radius 1 is 0.846 bits per heavy atom. The van der Waals surface area contributed by atoms with Gasteiger partial charge >= 0.3 is 0 Å². The molecule has 3 rings (SSSR count). The second-order valence-electron chi connectivity index (χ2n) is 8.19. The van der Waals surface area contributed by atoms with E-state index in [0.717, 1.165) is 12.8 Å². The van der Waals surface area contributed by atoms with Crippen molar-refractivity contribution in [3.05, 3.63) is 72.4 Å². The Kier molecular flexibility index (Phi) is 5.69. The van der Waals surface area contributed by atoms with E-state index in [9.17, 15) is 0 Å². The number of allylic oxidation sites excluding steroid dienone is 2. The molecule has 0 fully saturated rings. The number of benzene rings is 2. The van der Waals surface area contributed by atoms with E-state index in [2.05, 4.69) is 99.6 Å². The van der Waals surface area contributed by atoms with E-state index in [0.29, 0.717) is 0 Å². The standard InChI is InChI=1S/C23H31NOSi/c1-23(2,3)26(21-16-10-6-11-17-21,22-18-12-7-13-19-22)25-24(4)20-14-8-5-9-15-20/h6-7,10-14,16-19H,5,8-9,15H2,1-4H3. The highest BCUT2D eigenvalue weighted by Crippen LogP contribution is 2.38. The zero-order valence-corrected chi connectivity index (χ0v) is 17.5. The van der Waals surface area contributed by atoms with Gasteiger partial charge in [-0.1, -0.05) is 87.5 Å². The smallest absolute Gasteiger partial charge is 0.296 e. The third-order valence-corrected chi connectivity index (χ3v) is 10.3. The van der Waals surface area contributed by atoms with E-state index in [1.54, 1.807) is 0 Å². The molecule has 0 bridgehead atoms. The fourth-order valence-electron chi connectivity index (χ4n) is 3.99. The third-order valence-electron chi connectivity index (χ3n) is 5.36. The molecule has 2 nitrogen and oxygen atoms in total. The molecule has 3 heteroatoms. The Bertz CT molecular complexity index is 694. The molecule has 0 radical (unpaired) electrons. The molecular weight excluding hydrogens is 334 g/mol. The van der Waals surface area contributed by atoms with Crippen LogP contribution in [0.1, 0.15) is 46.5 Å². The molecule has 1 aliphatic carbocycles. The van der Waals surface area contributed by atoms with E-state index in [-0.39, 0.29) is 5.04 Å². The van der Waals surface area contributed by atoms with Crippen LogP contribution in [0.15, 0.2) is 72.4 Å². The molecule has 0 saturated heterocycles. The SMILES string of the molecule is CN(O[Si](c1ccccc1)(c1ccccc1)C(C)(C)C)C1=CCCCC1. The van der Waals surface area contributed by atoms with Gasteiger partial charge in [-0.3, -0.25) is 5.06 Å². The Hall–Kier alpha value is -1.84. The Morgan fingerprint density at radius 2 is 1.38 bits per heavy atom. The van der Waals surface area contributed by atoms with Crippen molar-refractivity contribution in [3.63, 3.8) is 0 Å². The van der Waals surface area contributed by atoms with Crippen molar-refractivity contribution in [3.8, 4) is 0 Å². The van der Waals surface area contributed by atoms with E-state index < -0.39 is 8.32 Å². The lowest BCUT2D eigenvalue weighted by Gasteiger charge is -2.45. The number of nitrogens with zero attached hydrogens (tertiary/aromatic N) is 1. The van der Waals surface area contributed by atoms with Crippen LogP contribution in [0, 0.1) is 0 Å². The van der Waals surface area contributed by atoms with E-state index in [4.69, 9.17) is 4.53 Å². The summed E-state index contributed by atoms with van der Waals surface area (Å²) < 4.78 is 7.02. The molecule has 0 N–H and O–H groups in total. The summed E-state index contributed by atoms with van der Waals surface area (Å²) in [5.74, 6) is 0. The highest BCUT2D eigenvalue weighted by Gasteiger charge is 2.52. The predicted molar refractivity (Wildman–Crippen MR) is 113 cm³/mol. The maximum absolute atomic E-state index is 7.02. The van der Waals surface area contributed by atoms with Crippen LogP contribution in [-0.2, 0) is 4.53 Å². The number of hydrogen-bond donors (Lipinski definition) is 0. The van der Waals surface area contributed by atoms with E-state index in [1.807, 2.05) is 0 Å². The molecule has 0 unspecified atom stereocenters. The maximum atomic E-state index is 7.02. The molecule has 2 aromatic rings. The summed E-state index contributed by atoms with van der Waals surface area (Å²) in [5, 5.41) is 4.72. The Morgan fingerprint density at radius 3 is 1.81 bits per heavy atom. The van der Waals surface area contributed by atoms with Gasteiger partial charge in [0.15, 0.2) is 0 Å². The number of rotatable bonds is 5. The lowest BCUT2D eigenvalue weighted by atomic mass is 10.1. The summed E-state index contributed by atoms with van der Waals surface area (Å²) in [6.45, 7) is 6.97. The number of hydrogen-bond acceptors (Lipinski definition) is 2. The van der Waals surface area contributed by atoms with Crippen LogP contribution in [0.2, 0.25) is 5.04 Å². The summed E-state index contributed by atoms with van der Waals surface area (Å²) in [4.78, 5) is 0. The van der Waals surface area contributed by atoms with E-state index in [1.165, 1.54) is 28.9 Å². The van der Waals surface area contributed by atoms with Crippen LogP contribution in [0.3, 0.4) is 0 Å². The minimum Gasteiger partial charge on any atom is -0.308 e. The molecule has 0 saturated carbocycles. The van der Waals surface area contributed by atoms with Crippen LogP contribution < -0.4 is 10.4 Å². The highest BCUT2D eigenvalue weighted by atomic mass is 28.4. The molecule has 0 aliphatic heterocycles. The predicted octanol–water partition coefficient (Wildman–Crippen LogP) is 4.87. The first-order chi connectivity index (χ1) is 12.4. The highest BCUT2D eigenvalue weighted by molar-refractivity contribution is 6.99. The molecule has 26 heavy (non-hydrogen) atoms. The summed E-state index contributed by atoms with van der Waals surface area (Å²) in [5.41, 5.74) is 1.32. The summed E-state index contributed by atoms with van der Waals surface area (Å²) >= 11 is 0. The molecular formula is C23H31NOSi. The van der Waals surface area contributed by atoms with Crippen LogP contribution >= 0.6 is 0 Å². The molecule has 138 valence electrons. The molecule has 0 amide bonds. The minimum absolute atomic E-state index is 0.000800. The molecule has 0 atom stereocenters. The van der Waals surface area contributed by atoms with Crippen LogP contribution in [0.4, 0.5) is 0 Å². The van der Waals surface area contributed by atoms with Crippen molar-refractivity contribution in [2.75, 3.05) is 7.05 Å². The quantitative estimate of drug-likeness (QED) is 0.554. The molecule has 0 aromatic heterocycles. The summed E-state index contributed by atoms with van der Waals surface area (Å²) in [6, 6.07) is 21.7. The first-order valence-corrected chi connectivity index (χ1v) is 11.6. The Balaban J connectivity index is 2.13. The fourth-order valence-corrected chi connectivity index (χ4v) is 8.39. The zero-order chi connectivity index (χ0) is 18.6. The van der Waals surface area contributed by atoms with Gasteiger partial charge < -0.3 is 4.53 Å². The average Bonchev–Trinajstić information content (AvgIpc) is 2.67. The van der Waals surface area contributed by atoms with Gasteiger partial charge in [-0.2, -0.15) is 0 Å². The Labute approximate surface area is 159 Å². The monoisotopic (exact) mass is 365 g/mol.